The van der Waals surface area contributed by atoms with Crippen LogP contribution in [0.3, 0.4) is 0 Å². The average molecular weight is 423 g/mol. The molecule has 1 aliphatic rings. The van der Waals surface area contributed by atoms with Gasteiger partial charge >= 0.3 is 0 Å². The second kappa shape index (κ2) is 9.04. The molecule has 1 N–H and O–H groups in total. The smallest absolute Gasteiger partial charge is 0.286 e. The maximum absolute atomic E-state index is 12.5. The summed E-state index contributed by atoms with van der Waals surface area (Å²) >= 11 is 1.18. The summed E-state index contributed by atoms with van der Waals surface area (Å²) in [5.41, 5.74) is 2.23. The molecule has 4 rings (SSSR count). The molecule has 0 aliphatic carbocycles. The summed E-state index contributed by atoms with van der Waals surface area (Å²) in [5.74, 6) is 0.380. The first kappa shape index (κ1) is 20.0. The van der Waals surface area contributed by atoms with Gasteiger partial charge in [0, 0.05) is 24.3 Å². The van der Waals surface area contributed by atoms with Gasteiger partial charge in [-0.15, -0.1) is 10.2 Å². The highest BCUT2D eigenvalue weighted by Gasteiger charge is 2.20. The van der Waals surface area contributed by atoms with Gasteiger partial charge in [-0.05, 0) is 55.7 Å². The van der Waals surface area contributed by atoms with Crippen LogP contribution >= 0.6 is 11.3 Å². The van der Waals surface area contributed by atoms with E-state index in [-0.39, 0.29) is 23.4 Å². The Morgan fingerprint density at radius 1 is 1.10 bits per heavy atom. The third-order valence-electron chi connectivity index (χ3n) is 4.77. The summed E-state index contributed by atoms with van der Waals surface area (Å²) in [6.07, 6.45) is 2.07. The van der Waals surface area contributed by atoms with Crippen molar-refractivity contribution in [2.24, 2.45) is 0 Å². The van der Waals surface area contributed by atoms with Crippen LogP contribution in [0.25, 0.3) is 0 Å². The number of nitrogens with zero attached hydrogens (tertiary/aromatic N) is 3. The molecule has 0 bridgehead atoms. The van der Waals surface area contributed by atoms with E-state index in [1.165, 1.54) is 11.3 Å². The fraction of sp³-hybridized carbons (Fsp3) is 0.273. The van der Waals surface area contributed by atoms with Crippen LogP contribution in [0.2, 0.25) is 0 Å². The minimum Gasteiger partial charge on any atom is -0.486 e. The van der Waals surface area contributed by atoms with Crippen molar-refractivity contribution in [2.45, 2.75) is 26.4 Å². The fourth-order valence-corrected chi connectivity index (χ4v) is 3.92. The third kappa shape index (κ3) is 4.83. The van der Waals surface area contributed by atoms with Gasteiger partial charge in [-0.3, -0.25) is 9.59 Å². The van der Waals surface area contributed by atoms with Crippen LogP contribution in [-0.4, -0.2) is 40.0 Å². The van der Waals surface area contributed by atoms with Crippen molar-refractivity contribution in [1.82, 2.24) is 15.1 Å². The topological polar surface area (TPSA) is 84.4 Å². The lowest BCUT2D eigenvalue weighted by atomic mass is 10.1. The Labute approximate surface area is 178 Å². The number of aromatic nitrogens is 2. The van der Waals surface area contributed by atoms with E-state index in [9.17, 15) is 9.59 Å². The van der Waals surface area contributed by atoms with Crippen molar-refractivity contribution in [2.75, 3.05) is 18.4 Å². The van der Waals surface area contributed by atoms with Crippen LogP contribution in [0.4, 0.5) is 5.69 Å². The molecule has 1 saturated heterocycles. The molecule has 1 aromatic heterocycles. The molecule has 154 valence electrons. The highest BCUT2D eigenvalue weighted by atomic mass is 32.1. The van der Waals surface area contributed by atoms with Gasteiger partial charge in [-0.1, -0.05) is 29.5 Å². The van der Waals surface area contributed by atoms with E-state index in [0.29, 0.717) is 16.3 Å². The molecule has 30 heavy (non-hydrogen) atoms. The number of likely N-dealkylation sites (tertiary alicyclic amines) is 1. The van der Waals surface area contributed by atoms with Crippen LogP contribution in [0, 0.1) is 6.92 Å². The highest BCUT2D eigenvalue weighted by Crippen LogP contribution is 2.19. The molecular formula is C22H22N4O3S. The lowest BCUT2D eigenvalue weighted by Crippen LogP contribution is -2.27. The van der Waals surface area contributed by atoms with Crippen molar-refractivity contribution in [3.63, 3.8) is 0 Å². The second-order valence-electron chi connectivity index (χ2n) is 7.14. The van der Waals surface area contributed by atoms with Crippen LogP contribution < -0.4 is 10.1 Å². The lowest BCUT2D eigenvalue weighted by molar-refractivity contribution is 0.0792. The number of amides is 2. The summed E-state index contributed by atoms with van der Waals surface area (Å²) < 4.78 is 5.71. The molecule has 0 saturated carbocycles. The van der Waals surface area contributed by atoms with Gasteiger partial charge in [0.25, 0.3) is 11.8 Å². The number of nitrogens with one attached hydrogen (secondary N) is 1. The summed E-state index contributed by atoms with van der Waals surface area (Å²) in [6, 6.07) is 14.7. The molecular weight excluding hydrogens is 400 g/mol. The van der Waals surface area contributed by atoms with E-state index in [0.717, 1.165) is 37.2 Å². The van der Waals surface area contributed by atoms with Crippen molar-refractivity contribution in [1.29, 1.82) is 0 Å². The number of rotatable bonds is 6. The molecule has 2 aromatic carbocycles. The first-order valence-electron chi connectivity index (χ1n) is 9.81. The number of hydrogen-bond acceptors (Lipinski definition) is 6. The maximum atomic E-state index is 12.5. The van der Waals surface area contributed by atoms with E-state index < -0.39 is 0 Å². The molecule has 0 radical (unpaired) electrons. The normalized spacial score (nSPS) is 13.3. The van der Waals surface area contributed by atoms with Gasteiger partial charge in [-0.2, -0.15) is 0 Å². The number of carbonyl (C=O) groups is 2. The van der Waals surface area contributed by atoms with E-state index >= 15 is 0 Å². The first-order valence-corrected chi connectivity index (χ1v) is 10.6. The van der Waals surface area contributed by atoms with E-state index in [4.69, 9.17) is 4.74 Å². The number of anilines is 1. The predicted octanol–water partition coefficient (Wildman–Crippen LogP) is 3.91. The Bertz CT molecular complexity index is 1060. The summed E-state index contributed by atoms with van der Waals surface area (Å²) in [6.45, 7) is 3.81. The second-order valence-corrected chi connectivity index (χ2v) is 8.20. The zero-order chi connectivity index (χ0) is 20.9. The third-order valence-corrected chi connectivity index (χ3v) is 5.67. The van der Waals surface area contributed by atoms with Crippen LogP contribution in [0.15, 0.2) is 48.5 Å². The summed E-state index contributed by atoms with van der Waals surface area (Å²) in [7, 11) is 0. The largest absolute Gasteiger partial charge is 0.486 e. The zero-order valence-corrected chi connectivity index (χ0v) is 17.4. The van der Waals surface area contributed by atoms with Gasteiger partial charge < -0.3 is 15.0 Å². The molecule has 8 heteroatoms. The van der Waals surface area contributed by atoms with Crippen LogP contribution in [-0.2, 0) is 6.61 Å². The number of hydrogen-bond donors (Lipinski definition) is 1. The van der Waals surface area contributed by atoms with Crippen molar-refractivity contribution >= 4 is 28.8 Å². The average Bonchev–Trinajstić information content (AvgIpc) is 3.44. The van der Waals surface area contributed by atoms with Gasteiger partial charge in [0.1, 0.15) is 12.4 Å². The van der Waals surface area contributed by atoms with E-state index in [1.807, 2.05) is 36.1 Å². The molecule has 0 spiro atoms. The van der Waals surface area contributed by atoms with Gasteiger partial charge in [-0.25, -0.2) is 0 Å². The minimum atomic E-state index is -0.361. The molecule has 0 atom stereocenters. The molecule has 0 unspecified atom stereocenters. The summed E-state index contributed by atoms with van der Waals surface area (Å²) in [5, 5.41) is 11.7. The number of carbonyl (C=O) groups excluding carboxylic acids is 2. The number of ether oxygens (including phenoxy) is 1. The van der Waals surface area contributed by atoms with Gasteiger partial charge in [0.2, 0.25) is 5.01 Å². The van der Waals surface area contributed by atoms with Crippen LogP contribution in [0.1, 0.15) is 43.6 Å². The van der Waals surface area contributed by atoms with Crippen molar-refractivity contribution in [3.8, 4) is 5.75 Å². The Morgan fingerprint density at radius 2 is 1.90 bits per heavy atom. The minimum absolute atomic E-state index is 0.00454. The first-order chi connectivity index (χ1) is 14.6. The van der Waals surface area contributed by atoms with Crippen LogP contribution in [0.5, 0.6) is 5.75 Å². The molecule has 2 heterocycles. The predicted molar refractivity (Wildman–Crippen MR) is 115 cm³/mol. The van der Waals surface area contributed by atoms with Crippen molar-refractivity contribution < 1.29 is 14.3 Å². The van der Waals surface area contributed by atoms with Gasteiger partial charge in [0.05, 0.1) is 0 Å². The molecule has 2 amide bonds. The summed E-state index contributed by atoms with van der Waals surface area (Å²) in [4.78, 5) is 26.9. The Morgan fingerprint density at radius 3 is 2.70 bits per heavy atom. The zero-order valence-electron chi connectivity index (χ0n) is 16.6. The van der Waals surface area contributed by atoms with Crippen molar-refractivity contribution in [3.05, 3.63) is 69.7 Å². The Kier molecular flexibility index (Phi) is 6.04. The Hall–Kier alpha value is -3.26. The molecule has 3 aromatic rings. The molecule has 7 nitrogen and oxygen atoms in total. The Balaban J connectivity index is 1.37. The van der Waals surface area contributed by atoms with E-state index in [2.05, 4.69) is 15.5 Å². The fourth-order valence-electron chi connectivity index (χ4n) is 3.27. The van der Waals surface area contributed by atoms with Gasteiger partial charge in [0.15, 0.2) is 5.01 Å². The highest BCUT2D eigenvalue weighted by molar-refractivity contribution is 7.13. The monoisotopic (exact) mass is 422 g/mol. The lowest BCUT2D eigenvalue weighted by Gasteiger charge is -2.15. The standard InChI is InChI=1S/C22H22N4O3S/c1-15-6-4-9-18(12-15)29-14-19-24-25-21(30-19)20(27)23-17-8-5-7-16(13-17)22(28)26-10-2-3-11-26/h4-9,12-13H,2-3,10-11,14H2,1H3,(H,23,27). The molecule has 1 aliphatic heterocycles. The maximum Gasteiger partial charge on any atom is 0.286 e. The number of aryl methyl sites for hydroxylation is 1. The molecule has 1 fully saturated rings. The quantitative estimate of drug-likeness (QED) is 0.651. The SMILES string of the molecule is Cc1cccc(OCc2nnc(C(=O)Nc3cccc(C(=O)N4CCCC4)c3)s2)c1. The van der Waals surface area contributed by atoms with E-state index in [1.54, 1.807) is 24.3 Å². The number of benzene rings is 2.